The number of nitrogens with one attached hydrogen (secondary N) is 1. The molecule has 0 aromatic heterocycles. The summed E-state index contributed by atoms with van der Waals surface area (Å²) in [6.07, 6.45) is 0.371. The summed E-state index contributed by atoms with van der Waals surface area (Å²) in [7, 11) is 0. The van der Waals surface area contributed by atoms with Gasteiger partial charge in [-0.2, -0.15) is 8.78 Å². The molecule has 0 spiro atoms. The number of rotatable bonds is 8. The van der Waals surface area contributed by atoms with Crippen molar-refractivity contribution in [1.82, 2.24) is 5.32 Å². The van der Waals surface area contributed by atoms with Gasteiger partial charge in [0.25, 0.3) is 5.91 Å². The van der Waals surface area contributed by atoms with Crippen molar-refractivity contribution >= 4 is 5.91 Å². The first-order chi connectivity index (χ1) is 7.82. The fraction of sp³-hybridized carbons (Fsp3) is 0.909. The minimum absolute atomic E-state index is 0.510. The number of carbonyl (C=O) groups is 1. The molecule has 0 bridgehead atoms. The summed E-state index contributed by atoms with van der Waals surface area (Å²) in [4.78, 5) is 10.9. The van der Waals surface area contributed by atoms with Crippen molar-refractivity contribution in [1.29, 1.82) is 0 Å². The van der Waals surface area contributed by atoms with Crippen LogP contribution < -0.4 is 5.32 Å². The van der Waals surface area contributed by atoms with E-state index in [0.29, 0.717) is 6.42 Å². The van der Waals surface area contributed by atoms with Gasteiger partial charge in [-0.15, -0.1) is 0 Å². The number of unbranched alkanes of at least 4 members (excludes halogenated alkanes) is 3. The van der Waals surface area contributed by atoms with Crippen LogP contribution in [0.5, 0.6) is 0 Å². The molecule has 1 atom stereocenters. The molecule has 17 heavy (non-hydrogen) atoms. The number of amides is 1. The van der Waals surface area contributed by atoms with Gasteiger partial charge in [0, 0.05) is 6.04 Å². The topological polar surface area (TPSA) is 29.1 Å². The third-order valence-electron chi connectivity index (χ3n) is 2.44. The second kappa shape index (κ2) is 7.50. The maximum absolute atomic E-state index is 12.6. The predicted molar refractivity (Wildman–Crippen MR) is 57.3 cm³/mol. The lowest BCUT2D eigenvalue weighted by molar-refractivity contribution is -0.170. The zero-order chi connectivity index (χ0) is 13.5. The van der Waals surface area contributed by atoms with Crippen molar-refractivity contribution in [3.8, 4) is 0 Å². The average molecular weight is 257 g/mol. The molecule has 0 aliphatic heterocycles. The highest BCUT2D eigenvalue weighted by atomic mass is 19.3. The molecule has 0 aromatic carbocycles. The van der Waals surface area contributed by atoms with E-state index < -0.39 is 24.3 Å². The molecule has 0 heterocycles. The fourth-order valence-corrected chi connectivity index (χ4v) is 1.37. The van der Waals surface area contributed by atoms with Gasteiger partial charge in [0.2, 0.25) is 0 Å². The first-order valence-electron chi connectivity index (χ1n) is 5.79. The van der Waals surface area contributed by atoms with E-state index in [-0.39, 0.29) is 0 Å². The molecular formula is C11H19F4NO. The lowest BCUT2D eigenvalue weighted by Crippen LogP contribution is -2.48. The van der Waals surface area contributed by atoms with Crippen molar-refractivity contribution in [3.63, 3.8) is 0 Å². The third kappa shape index (κ3) is 5.89. The second-order valence-electron chi connectivity index (χ2n) is 4.15. The molecule has 0 aromatic rings. The Labute approximate surface area is 98.8 Å². The number of carbonyl (C=O) groups excluding carboxylic acids is 1. The minimum atomic E-state index is -4.60. The second-order valence-corrected chi connectivity index (χ2v) is 4.15. The third-order valence-corrected chi connectivity index (χ3v) is 2.44. The standard InChI is InChI=1S/C11H19F4NO/c1-3-4-5-6-7-8(2)16-10(17)11(14,15)9(12)13/h8-9H,3-7H2,1-2H3,(H,16,17). The Kier molecular flexibility index (Phi) is 7.15. The lowest BCUT2D eigenvalue weighted by Gasteiger charge is -2.19. The van der Waals surface area contributed by atoms with Gasteiger partial charge in [-0.3, -0.25) is 4.79 Å². The van der Waals surface area contributed by atoms with E-state index in [1.165, 1.54) is 6.92 Å². The first-order valence-corrected chi connectivity index (χ1v) is 5.79. The van der Waals surface area contributed by atoms with Crippen molar-refractivity contribution in [2.75, 3.05) is 0 Å². The predicted octanol–water partition coefficient (Wildman–Crippen LogP) is 3.36. The fourth-order valence-electron chi connectivity index (χ4n) is 1.37. The molecule has 0 radical (unpaired) electrons. The average Bonchev–Trinajstić information content (AvgIpc) is 2.24. The summed E-state index contributed by atoms with van der Waals surface area (Å²) in [6.45, 7) is 3.57. The molecule has 2 nitrogen and oxygen atoms in total. The van der Waals surface area contributed by atoms with Crippen molar-refractivity contribution < 1.29 is 22.4 Å². The Bertz CT molecular complexity index is 234. The Hall–Kier alpha value is -0.810. The molecule has 6 heteroatoms. The van der Waals surface area contributed by atoms with Crippen LogP contribution in [0.3, 0.4) is 0 Å². The molecule has 0 aliphatic rings. The Morgan fingerprint density at radius 3 is 2.29 bits per heavy atom. The van der Waals surface area contributed by atoms with Crippen molar-refractivity contribution in [2.45, 2.75) is 64.3 Å². The van der Waals surface area contributed by atoms with Crippen LogP contribution in [0.15, 0.2) is 0 Å². The van der Waals surface area contributed by atoms with Gasteiger partial charge in [0.05, 0.1) is 0 Å². The maximum atomic E-state index is 12.6. The highest BCUT2D eigenvalue weighted by Crippen LogP contribution is 2.23. The summed E-state index contributed by atoms with van der Waals surface area (Å²) in [5, 5.41) is 1.91. The Morgan fingerprint density at radius 1 is 1.24 bits per heavy atom. The normalized spacial score (nSPS) is 13.8. The molecular weight excluding hydrogens is 238 g/mol. The molecule has 0 fully saturated rings. The maximum Gasteiger partial charge on any atom is 0.383 e. The van der Waals surface area contributed by atoms with Gasteiger partial charge in [-0.1, -0.05) is 32.6 Å². The molecule has 1 N–H and O–H groups in total. The molecule has 1 unspecified atom stereocenters. The van der Waals surface area contributed by atoms with Crippen LogP contribution in [0.2, 0.25) is 0 Å². The number of halogens is 4. The molecule has 0 aliphatic carbocycles. The number of hydrogen-bond donors (Lipinski definition) is 1. The van der Waals surface area contributed by atoms with Gasteiger partial charge in [0.1, 0.15) is 0 Å². The van der Waals surface area contributed by atoms with Crippen LogP contribution in [-0.2, 0) is 4.79 Å². The smallest absolute Gasteiger partial charge is 0.348 e. The molecule has 0 saturated heterocycles. The van der Waals surface area contributed by atoms with Gasteiger partial charge >= 0.3 is 12.3 Å². The van der Waals surface area contributed by atoms with Crippen LogP contribution in [-0.4, -0.2) is 24.3 Å². The van der Waals surface area contributed by atoms with E-state index in [0.717, 1.165) is 25.7 Å². The van der Waals surface area contributed by atoms with Crippen LogP contribution in [0.1, 0.15) is 46.0 Å². The zero-order valence-electron chi connectivity index (χ0n) is 10.1. The molecule has 102 valence electrons. The van der Waals surface area contributed by atoms with E-state index in [9.17, 15) is 22.4 Å². The van der Waals surface area contributed by atoms with E-state index in [4.69, 9.17) is 0 Å². The van der Waals surface area contributed by atoms with Gasteiger partial charge < -0.3 is 5.32 Å². The van der Waals surface area contributed by atoms with Crippen molar-refractivity contribution in [2.24, 2.45) is 0 Å². The summed E-state index contributed by atoms with van der Waals surface area (Å²) in [5.41, 5.74) is 0. The first kappa shape index (κ1) is 16.2. The van der Waals surface area contributed by atoms with E-state index >= 15 is 0 Å². The highest BCUT2D eigenvalue weighted by Gasteiger charge is 2.49. The van der Waals surface area contributed by atoms with Gasteiger partial charge in [-0.05, 0) is 13.3 Å². The van der Waals surface area contributed by atoms with Gasteiger partial charge in [0.15, 0.2) is 0 Å². The van der Waals surface area contributed by atoms with Gasteiger partial charge in [-0.25, -0.2) is 8.78 Å². The van der Waals surface area contributed by atoms with E-state index in [1.807, 2.05) is 12.2 Å². The minimum Gasteiger partial charge on any atom is -0.348 e. The molecule has 1 amide bonds. The summed E-state index contributed by atoms with van der Waals surface area (Å²) >= 11 is 0. The zero-order valence-corrected chi connectivity index (χ0v) is 10.1. The molecule has 0 rings (SSSR count). The van der Waals surface area contributed by atoms with E-state index in [2.05, 4.69) is 0 Å². The number of hydrogen-bond acceptors (Lipinski definition) is 1. The van der Waals surface area contributed by atoms with Crippen LogP contribution in [0.4, 0.5) is 17.6 Å². The van der Waals surface area contributed by atoms with Crippen molar-refractivity contribution in [3.05, 3.63) is 0 Å². The summed E-state index contributed by atoms with van der Waals surface area (Å²) in [6, 6.07) is -0.510. The summed E-state index contributed by atoms with van der Waals surface area (Å²) < 4.78 is 48.9. The lowest BCUT2D eigenvalue weighted by atomic mass is 10.1. The Balaban J connectivity index is 3.95. The number of alkyl halides is 4. The van der Waals surface area contributed by atoms with Crippen LogP contribution >= 0.6 is 0 Å². The highest BCUT2D eigenvalue weighted by molar-refractivity contribution is 5.84. The largest absolute Gasteiger partial charge is 0.383 e. The SMILES string of the molecule is CCCCCCC(C)NC(=O)C(F)(F)C(F)F. The molecule has 0 saturated carbocycles. The van der Waals surface area contributed by atoms with E-state index in [1.54, 1.807) is 0 Å². The Morgan fingerprint density at radius 2 is 1.82 bits per heavy atom. The van der Waals surface area contributed by atoms with Crippen LogP contribution in [0, 0.1) is 0 Å². The monoisotopic (exact) mass is 257 g/mol. The van der Waals surface area contributed by atoms with Crippen LogP contribution in [0.25, 0.3) is 0 Å². The quantitative estimate of drug-likeness (QED) is 0.524. The summed E-state index contributed by atoms with van der Waals surface area (Å²) in [5.74, 6) is -6.49.